The van der Waals surface area contributed by atoms with Crippen LogP contribution in [0.25, 0.3) is 0 Å². The van der Waals surface area contributed by atoms with Crippen LogP contribution in [0.4, 0.5) is 13.2 Å². The van der Waals surface area contributed by atoms with Crippen LogP contribution < -0.4 is 4.74 Å². The van der Waals surface area contributed by atoms with Crippen molar-refractivity contribution in [2.24, 2.45) is 0 Å². The molecule has 100 valence electrons. The zero-order valence-corrected chi connectivity index (χ0v) is 10.3. The summed E-state index contributed by atoms with van der Waals surface area (Å²) in [6, 6.07) is 2.95. The number of ketones is 1. The third-order valence-electron chi connectivity index (χ3n) is 2.58. The maximum absolute atomic E-state index is 12.6. The minimum atomic E-state index is -4.45. The van der Waals surface area contributed by atoms with Gasteiger partial charge in [0, 0.05) is 6.42 Å². The second kappa shape index (κ2) is 5.89. The summed E-state index contributed by atoms with van der Waals surface area (Å²) in [7, 11) is 1.33. The lowest BCUT2D eigenvalue weighted by atomic mass is 10.0. The molecule has 0 amide bonds. The van der Waals surface area contributed by atoms with Crippen LogP contribution >= 0.6 is 0 Å². The van der Waals surface area contributed by atoms with Gasteiger partial charge in [0.1, 0.15) is 5.75 Å². The summed E-state index contributed by atoms with van der Waals surface area (Å²) in [6.45, 7) is 1.91. The summed E-state index contributed by atoms with van der Waals surface area (Å²) >= 11 is 0. The molecular formula is C13H15F3O2. The number of unbranched alkanes of at least 4 members (excludes halogenated alkanes) is 1. The highest BCUT2D eigenvalue weighted by Crippen LogP contribution is 2.33. The van der Waals surface area contributed by atoms with Crippen molar-refractivity contribution in [3.05, 3.63) is 29.3 Å². The molecule has 1 aromatic carbocycles. The van der Waals surface area contributed by atoms with Gasteiger partial charge in [0.2, 0.25) is 0 Å². The van der Waals surface area contributed by atoms with E-state index in [1.54, 1.807) is 0 Å². The van der Waals surface area contributed by atoms with Gasteiger partial charge < -0.3 is 4.74 Å². The molecule has 2 nitrogen and oxygen atoms in total. The normalized spacial score (nSPS) is 11.4. The number of Topliss-reactive ketones (excluding diaryl/α,β-unsaturated/α-hetero) is 1. The molecule has 0 heterocycles. The summed E-state index contributed by atoms with van der Waals surface area (Å²) < 4.78 is 42.6. The van der Waals surface area contributed by atoms with Crippen LogP contribution in [-0.2, 0) is 6.18 Å². The molecule has 1 rings (SSSR count). The Morgan fingerprint density at radius 2 is 2.00 bits per heavy atom. The van der Waals surface area contributed by atoms with Crippen LogP contribution in [0.3, 0.4) is 0 Å². The molecule has 0 aliphatic heterocycles. The Morgan fingerprint density at radius 3 is 2.50 bits per heavy atom. The van der Waals surface area contributed by atoms with Crippen LogP contribution in [-0.4, -0.2) is 12.9 Å². The Morgan fingerprint density at radius 1 is 1.33 bits per heavy atom. The minimum absolute atomic E-state index is 0.000718. The van der Waals surface area contributed by atoms with Gasteiger partial charge in [-0.2, -0.15) is 13.2 Å². The molecule has 0 aliphatic rings. The predicted molar refractivity (Wildman–Crippen MR) is 61.9 cm³/mol. The largest absolute Gasteiger partial charge is 0.496 e. The number of hydrogen-bond acceptors (Lipinski definition) is 2. The van der Waals surface area contributed by atoms with E-state index in [4.69, 9.17) is 4.74 Å². The average molecular weight is 260 g/mol. The first kappa shape index (κ1) is 14.5. The van der Waals surface area contributed by atoms with E-state index in [0.29, 0.717) is 6.42 Å². The number of carbonyl (C=O) groups excluding carboxylic acids is 1. The molecule has 5 heteroatoms. The Hall–Kier alpha value is -1.52. The second-order valence-corrected chi connectivity index (χ2v) is 3.94. The van der Waals surface area contributed by atoms with Gasteiger partial charge in [0.15, 0.2) is 5.78 Å². The monoisotopic (exact) mass is 260 g/mol. The summed E-state index contributed by atoms with van der Waals surface area (Å²) in [4.78, 5) is 11.8. The lowest BCUT2D eigenvalue weighted by Crippen LogP contribution is -2.09. The van der Waals surface area contributed by atoms with Crippen LogP contribution in [0.5, 0.6) is 5.75 Å². The smallest absolute Gasteiger partial charge is 0.416 e. The van der Waals surface area contributed by atoms with Crippen molar-refractivity contribution in [2.75, 3.05) is 7.11 Å². The molecule has 0 bridgehead atoms. The molecule has 0 unspecified atom stereocenters. The third kappa shape index (κ3) is 3.48. The van der Waals surface area contributed by atoms with Gasteiger partial charge in [0.25, 0.3) is 0 Å². The van der Waals surface area contributed by atoms with Gasteiger partial charge in [-0.25, -0.2) is 0 Å². The average Bonchev–Trinajstić information content (AvgIpc) is 2.34. The van der Waals surface area contributed by atoms with Crippen LogP contribution in [0.2, 0.25) is 0 Å². The number of hydrogen-bond donors (Lipinski definition) is 0. The third-order valence-corrected chi connectivity index (χ3v) is 2.58. The predicted octanol–water partition coefficient (Wildman–Crippen LogP) is 4.09. The number of alkyl halides is 3. The Balaban J connectivity index is 3.10. The first-order valence-corrected chi connectivity index (χ1v) is 5.68. The van der Waals surface area contributed by atoms with Crippen LogP contribution in [0.15, 0.2) is 18.2 Å². The van der Waals surface area contributed by atoms with Gasteiger partial charge in [-0.1, -0.05) is 13.3 Å². The maximum atomic E-state index is 12.6. The van der Waals surface area contributed by atoms with Crippen molar-refractivity contribution >= 4 is 5.78 Å². The van der Waals surface area contributed by atoms with E-state index in [1.165, 1.54) is 13.2 Å². The standard InChI is InChI=1S/C13H15F3O2/c1-3-4-5-11(17)10-8-9(13(14,15)16)6-7-12(10)18-2/h6-8H,3-5H2,1-2H3. The molecule has 0 spiro atoms. The number of rotatable bonds is 5. The molecule has 18 heavy (non-hydrogen) atoms. The molecule has 0 saturated heterocycles. The highest BCUT2D eigenvalue weighted by Gasteiger charge is 2.31. The molecule has 0 aliphatic carbocycles. The van der Waals surface area contributed by atoms with Crippen LogP contribution in [0, 0.1) is 0 Å². The SMILES string of the molecule is CCCCC(=O)c1cc(C(F)(F)F)ccc1OC. The van der Waals surface area contributed by atoms with Crippen molar-refractivity contribution in [1.29, 1.82) is 0 Å². The fourth-order valence-corrected chi connectivity index (χ4v) is 1.57. The highest BCUT2D eigenvalue weighted by molar-refractivity contribution is 5.98. The van der Waals surface area contributed by atoms with Gasteiger partial charge in [-0.05, 0) is 24.6 Å². The molecule has 1 aromatic rings. The minimum Gasteiger partial charge on any atom is -0.496 e. The van der Waals surface area contributed by atoms with E-state index in [2.05, 4.69) is 0 Å². The summed E-state index contributed by atoms with van der Waals surface area (Å²) in [5, 5.41) is 0. The van der Waals surface area contributed by atoms with Crippen LogP contribution in [0.1, 0.15) is 42.1 Å². The first-order chi connectivity index (χ1) is 8.40. The maximum Gasteiger partial charge on any atom is 0.416 e. The molecule has 0 atom stereocenters. The van der Waals surface area contributed by atoms with E-state index in [9.17, 15) is 18.0 Å². The Kier molecular flexibility index (Phi) is 4.76. The summed E-state index contributed by atoms with van der Waals surface area (Å²) in [5.74, 6) is -0.135. The Bertz CT molecular complexity index is 425. The zero-order valence-electron chi connectivity index (χ0n) is 10.3. The number of carbonyl (C=O) groups is 1. The van der Waals surface area contributed by atoms with E-state index in [-0.39, 0.29) is 23.5 Å². The van der Waals surface area contributed by atoms with Gasteiger partial charge in [0.05, 0.1) is 18.2 Å². The van der Waals surface area contributed by atoms with E-state index >= 15 is 0 Å². The first-order valence-electron chi connectivity index (χ1n) is 5.68. The molecule has 0 fully saturated rings. The zero-order chi connectivity index (χ0) is 13.8. The van der Waals surface area contributed by atoms with E-state index in [1.807, 2.05) is 6.92 Å². The second-order valence-electron chi connectivity index (χ2n) is 3.94. The summed E-state index contributed by atoms with van der Waals surface area (Å²) in [5.41, 5.74) is -0.830. The topological polar surface area (TPSA) is 26.3 Å². The summed E-state index contributed by atoms with van der Waals surface area (Å²) in [6.07, 6.45) is -2.76. The van der Waals surface area contributed by atoms with Gasteiger partial charge in [-0.3, -0.25) is 4.79 Å². The van der Waals surface area contributed by atoms with Crippen molar-refractivity contribution in [1.82, 2.24) is 0 Å². The fourth-order valence-electron chi connectivity index (χ4n) is 1.57. The quantitative estimate of drug-likeness (QED) is 0.745. The van der Waals surface area contributed by atoms with Gasteiger partial charge >= 0.3 is 6.18 Å². The van der Waals surface area contributed by atoms with Crippen molar-refractivity contribution in [3.63, 3.8) is 0 Å². The fraction of sp³-hybridized carbons (Fsp3) is 0.462. The molecule has 0 radical (unpaired) electrons. The van der Waals surface area contributed by atoms with Crippen molar-refractivity contribution in [2.45, 2.75) is 32.4 Å². The van der Waals surface area contributed by atoms with Crippen molar-refractivity contribution in [3.8, 4) is 5.75 Å². The van der Waals surface area contributed by atoms with Crippen molar-refractivity contribution < 1.29 is 22.7 Å². The molecular weight excluding hydrogens is 245 g/mol. The molecule has 0 aromatic heterocycles. The van der Waals surface area contributed by atoms with Gasteiger partial charge in [-0.15, -0.1) is 0 Å². The van der Waals surface area contributed by atoms with E-state index < -0.39 is 11.7 Å². The number of ether oxygens (including phenoxy) is 1. The molecule has 0 N–H and O–H groups in total. The Labute approximate surface area is 104 Å². The molecule has 0 saturated carbocycles. The lowest BCUT2D eigenvalue weighted by molar-refractivity contribution is -0.137. The number of methoxy groups -OCH3 is 1. The number of benzene rings is 1. The lowest BCUT2D eigenvalue weighted by Gasteiger charge is -2.12. The number of halogens is 3. The highest BCUT2D eigenvalue weighted by atomic mass is 19.4. The van der Waals surface area contributed by atoms with E-state index in [0.717, 1.165) is 18.6 Å².